The van der Waals surface area contributed by atoms with Crippen LogP contribution in [0.5, 0.6) is 0 Å². The van der Waals surface area contributed by atoms with Crippen LogP contribution >= 0.6 is 11.6 Å². The standard InChI is InChI=1S/C26H43ClN2O5/c1-31-22-13-12-16(14-24(22)33-3)20-15-21(18-9-7-11-23(32-2)25(18)34-4)29(28-20)26(30)17-8-5-6-10-19(17)27/h16-19,21-25H,5-15H2,1-4H3. The molecule has 7 nitrogen and oxygen atoms in total. The van der Waals surface area contributed by atoms with Crippen molar-refractivity contribution >= 4 is 23.2 Å². The number of alkyl halides is 1. The molecule has 4 rings (SSSR count). The van der Waals surface area contributed by atoms with Gasteiger partial charge in [-0.05, 0) is 44.9 Å². The summed E-state index contributed by atoms with van der Waals surface area (Å²) in [5, 5.41) is 6.79. The van der Waals surface area contributed by atoms with Crippen molar-refractivity contribution in [3.05, 3.63) is 0 Å². The number of hydrazone groups is 1. The number of ether oxygens (including phenoxy) is 4. The number of halogens is 1. The van der Waals surface area contributed by atoms with E-state index >= 15 is 0 Å². The molecule has 194 valence electrons. The third kappa shape index (κ3) is 5.34. The SMILES string of the molecule is COC1CCC(C2=NN(C(=O)C3CCCCC3Cl)C(C3CCCC(OC)C3OC)C2)CC1OC. The average Bonchev–Trinajstić information content (AvgIpc) is 3.32. The minimum atomic E-state index is -0.153. The maximum Gasteiger partial charge on any atom is 0.247 e. The summed E-state index contributed by atoms with van der Waals surface area (Å²) in [6.45, 7) is 0. The maximum absolute atomic E-state index is 13.9. The van der Waals surface area contributed by atoms with Crippen molar-refractivity contribution in [3.63, 3.8) is 0 Å². The van der Waals surface area contributed by atoms with Crippen LogP contribution in [0.1, 0.15) is 70.6 Å². The molecule has 0 aromatic rings. The van der Waals surface area contributed by atoms with Crippen LogP contribution in [-0.2, 0) is 23.7 Å². The Labute approximate surface area is 209 Å². The molecule has 8 heteroatoms. The molecule has 9 atom stereocenters. The Morgan fingerprint density at radius 2 is 1.59 bits per heavy atom. The summed E-state index contributed by atoms with van der Waals surface area (Å²) in [7, 11) is 7.04. The highest BCUT2D eigenvalue weighted by molar-refractivity contribution is 6.22. The van der Waals surface area contributed by atoms with Gasteiger partial charge in [-0.1, -0.05) is 19.3 Å². The lowest BCUT2D eigenvalue weighted by Gasteiger charge is -2.42. The quantitative estimate of drug-likeness (QED) is 0.486. The second-order valence-electron chi connectivity index (χ2n) is 10.6. The third-order valence-corrected chi connectivity index (χ3v) is 9.41. The summed E-state index contributed by atoms with van der Waals surface area (Å²) in [6, 6.07) is -0.00247. The number of rotatable bonds is 7. The van der Waals surface area contributed by atoms with Crippen LogP contribution < -0.4 is 0 Å². The van der Waals surface area contributed by atoms with Crippen molar-refractivity contribution in [2.45, 2.75) is 106 Å². The molecule has 1 amide bonds. The predicted molar refractivity (Wildman–Crippen MR) is 132 cm³/mol. The van der Waals surface area contributed by atoms with E-state index in [1.807, 2.05) is 5.01 Å². The van der Waals surface area contributed by atoms with E-state index in [0.29, 0.717) is 5.92 Å². The van der Waals surface area contributed by atoms with Gasteiger partial charge < -0.3 is 18.9 Å². The zero-order valence-electron chi connectivity index (χ0n) is 21.3. The molecule has 1 aliphatic heterocycles. The summed E-state index contributed by atoms with van der Waals surface area (Å²) in [6.07, 6.45) is 10.8. The van der Waals surface area contributed by atoms with Crippen molar-refractivity contribution in [2.24, 2.45) is 22.9 Å². The molecule has 9 unspecified atom stereocenters. The molecule has 0 aromatic heterocycles. The van der Waals surface area contributed by atoms with E-state index in [9.17, 15) is 4.79 Å². The fraction of sp³-hybridized carbons (Fsp3) is 0.923. The van der Waals surface area contributed by atoms with Gasteiger partial charge in [-0.2, -0.15) is 5.10 Å². The lowest BCUT2D eigenvalue weighted by molar-refractivity contribution is -0.144. The zero-order valence-corrected chi connectivity index (χ0v) is 22.0. The molecular weight excluding hydrogens is 456 g/mol. The van der Waals surface area contributed by atoms with Gasteiger partial charge >= 0.3 is 0 Å². The summed E-state index contributed by atoms with van der Waals surface area (Å²) in [5.74, 6) is 0.445. The lowest BCUT2D eigenvalue weighted by Crippen LogP contribution is -2.51. The number of carbonyl (C=O) groups excluding carboxylic acids is 1. The lowest BCUT2D eigenvalue weighted by atomic mass is 9.75. The van der Waals surface area contributed by atoms with Gasteiger partial charge in [0, 0.05) is 57.8 Å². The largest absolute Gasteiger partial charge is 0.379 e. The third-order valence-electron chi connectivity index (χ3n) is 8.88. The molecule has 0 spiro atoms. The van der Waals surface area contributed by atoms with Gasteiger partial charge in [-0.15, -0.1) is 11.6 Å². The van der Waals surface area contributed by atoms with Gasteiger partial charge in [-0.3, -0.25) is 4.79 Å². The Kier molecular flexibility index (Phi) is 9.30. The van der Waals surface area contributed by atoms with Gasteiger partial charge in [0.05, 0.1) is 36.4 Å². The first-order valence-electron chi connectivity index (χ1n) is 13.2. The minimum absolute atomic E-state index is 0.00247. The topological polar surface area (TPSA) is 69.6 Å². The van der Waals surface area contributed by atoms with E-state index in [0.717, 1.165) is 76.3 Å². The second-order valence-corrected chi connectivity index (χ2v) is 11.1. The number of methoxy groups -OCH3 is 4. The van der Waals surface area contributed by atoms with Gasteiger partial charge in [0.2, 0.25) is 5.91 Å². The van der Waals surface area contributed by atoms with Gasteiger partial charge in [-0.25, -0.2) is 5.01 Å². The molecule has 3 aliphatic carbocycles. The van der Waals surface area contributed by atoms with Crippen molar-refractivity contribution < 1.29 is 23.7 Å². The van der Waals surface area contributed by atoms with Crippen LogP contribution in [0.4, 0.5) is 0 Å². The molecule has 0 saturated heterocycles. The first-order chi connectivity index (χ1) is 16.5. The van der Waals surface area contributed by atoms with Crippen molar-refractivity contribution in [2.75, 3.05) is 28.4 Å². The number of carbonyl (C=O) groups is 1. The van der Waals surface area contributed by atoms with Crippen molar-refractivity contribution in [3.8, 4) is 0 Å². The molecule has 3 fully saturated rings. The minimum Gasteiger partial charge on any atom is -0.379 e. The molecule has 1 heterocycles. The highest BCUT2D eigenvalue weighted by Crippen LogP contribution is 2.41. The van der Waals surface area contributed by atoms with Crippen LogP contribution in [0.2, 0.25) is 0 Å². The summed E-state index contributed by atoms with van der Waals surface area (Å²) in [5.41, 5.74) is 1.13. The molecule has 0 radical (unpaired) electrons. The van der Waals surface area contributed by atoms with Crippen LogP contribution in [0.3, 0.4) is 0 Å². The van der Waals surface area contributed by atoms with Crippen LogP contribution in [0.25, 0.3) is 0 Å². The van der Waals surface area contributed by atoms with E-state index in [1.54, 1.807) is 28.4 Å². The van der Waals surface area contributed by atoms with Gasteiger partial charge in [0.1, 0.15) is 0 Å². The Hall–Kier alpha value is -0.730. The van der Waals surface area contributed by atoms with Crippen molar-refractivity contribution in [1.29, 1.82) is 0 Å². The molecule has 0 aromatic carbocycles. The molecule has 0 N–H and O–H groups in total. The number of hydrogen-bond donors (Lipinski definition) is 0. The maximum atomic E-state index is 13.9. The Bertz CT molecular complexity index is 721. The summed E-state index contributed by atoms with van der Waals surface area (Å²) < 4.78 is 23.2. The average molecular weight is 499 g/mol. The first-order valence-corrected chi connectivity index (χ1v) is 13.6. The molecule has 3 saturated carbocycles. The normalized spacial score (nSPS) is 41.4. The number of amides is 1. The summed E-state index contributed by atoms with van der Waals surface area (Å²) in [4.78, 5) is 13.9. The van der Waals surface area contributed by atoms with Crippen molar-refractivity contribution in [1.82, 2.24) is 5.01 Å². The highest BCUT2D eigenvalue weighted by atomic mass is 35.5. The molecule has 34 heavy (non-hydrogen) atoms. The highest BCUT2D eigenvalue weighted by Gasteiger charge is 2.48. The molecular formula is C26H43ClN2O5. The Morgan fingerprint density at radius 1 is 0.853 bits per heavy atom. The Balaban J connectivity index is 1.59. The van der Waals surface area contributed by atoms with E-state index in [1.165, 1.54) is 0 Å². The molecule has 4 aliphatic rings. The first kappa shape index (κ1) is 26.3. The fourth-order valence-corrected chi connectivity index (χ4v) is 7.34. The van der Waals surface area contributed by atoms with Gasteiger partial charge in [0.15, 0.2) is 0 Å². The summed E-state index contributed by atoms with van der Waals surface area (Å²) >= 11 is 6.67. The Morgan fingerprint density at radius 3 is 2.26 bits per heavy atom. The van der Waals surface area contributed by atoms with Crippen LogP contribution in [-0.4, -0.2) is 80.9 Å². The smallest absolute Gasteiger partial charge is 0.247 e. The second kappa shape index (κ2) is 12.0. The fourth-order valence-electron chi connectivity index (χ4n) is 6.95. The van der Waals surface area contributed by atoms with E-state index < -0.39 is 0 Å². The number of hydrogen-bond acceptors (Lipinski definition) is 6. The van der Waals surface area contributed by atoms with E-state index in [4.69, 9.17) is 35.6 Å². The van der Waals surface area contributed by atoms with E-state index in [2.05, 4.69) is 0 Å². The molecule has 0 bridgehead atoms. The van der Waals surface area contributed by atoms with Gasteiger partial charge in [0.25, 0.3) is 0 Å². The zero-order chi connectivity index (χ0) is 24.2. The van der Waals surface area contributed by atoms with Crippen LogP contribution in [0.15, 0.2) is 5.10 Å². The predicted octanol–water partition coefficient (Wildman–Crippen LogP) is 4.40. The number of nitrogens with zero attached hydrogens (tertiary/aromatic N) is 2. The monoisotopic (exact) mass is 498 g/mol. The van der Waals surface area contributed by atoms with Crippen LogP contribution in [0, 0.1) is 17.8 Å². The van der Waals surface area contributed by atoms with E-state index in [-0.39, 0.29) is 53.6 Å².